The summed E-state index contributed by atoms with van der Waals surface area (Å²) < 4.78 is 0. The average molecular weight is 312 g/mol. The largest absolute Gasteiger partial charge is 0.356 e. The molecule has 0 bridgehead atoms. The molecule has 0 heterocycles. The highest BCUT2D eigenvalue weighted by molar-refractivity contribution is 5.83. The van der Waals surface area contributed by atoms with Gasteiger partial charge in [0.1, 0.15) is 5.78 Å². The van der Waals surface area contributed by atoms with Gasteiger partial charge in [0.2, 0.25) is 5.91 Å². The molecule has 4 heteroatoms. The smallest absolute Gasteiger partial charge is 0.219 e. The number of hydrogen-bond acceptors (Lipinski definition) is 3. The van der Waals surface area contributed by atoms with E-state index < -0.39 is 0 Å². The van der Waals surface area contributed by atoms with Gasteiger partial charge in [-0.15, -0.1) is 0 Å². The fourth-order valence-electron chi connectivity index (χ4n) is 2.49. The van der Waals surface area contributed by atoms with Crippen molar-refractivity contribution in [3.05, 3.63) is 0 Å². The number of rotatable bonds is 14. The molecule has 0 aliphatic heterocycles. The molecule has 1 amide bonds. The zero-order valence-electron chi connectivity index (χ0n) is 15.0. The first-order chi connectivity index (χ1) is 10.5. The third kappa shape index (κ3) is 11.7. The van der Waals surface area contributed by atoms with Crippen LogP contribution in [-0.2, 0) is 9.59 Å². The zero-order chi connectivity index (χ0) is 16.8. The lowest BCUT2D eigenvalue weighted by molar-refractivity contribution is -0.122. The summed E-state index contributed by atoms with van der Waals surface area (Å²) in [6, 6.07) is 0.290. The van der Waals surface area contributed by atoms with E-state index in [1.807, 2.05) is 6.92 Å². The molecular formula is C18H36N2O2. The molecule has 4 nitrogen and oxygen atoms in total. The van der Waals surface area contributed by atoms with Crippen molar-refractivity contribution < 1.29 is 9.59 Å². The van der Waals surface area contributed by atoms with Crippen LogP contribution >= 0.6 is 0 Å². The second-order valence-electron chi connectivity index (χ2n) is 6.35. The van der Waals surface area contributed by atoms with Crippen molar-refractivity contribution in [2.75, 3.05) is 6.54 Å². The molecule has 22 heavy (non-hydrogen) atoms. The van der Waals surface area contributed by atoms with Crippen molar-refractivity contribution in [2.45, 2.75) is 97.6 Å². The van der Waals surface area contributed by atoms with Crippen LogP contribution in [0.4, 0.5) is 0 Å². The molecule has 0 aromatic heterocycles. The molecule has 0 aromatic carbocycles. The van der Waals surface area contributed by atoms with E-state index in [0.29, 0.717) is 18.9 Å². The third-order valence-corrected chi connectivity index (χ3v) is 3.77. The number of carbonyl (C=O) groups is 2. The summed E-state index contributed by atoms with van der Waals surface area (Å²) in [6.45, 7) is 8.94. The Morgan fingerprint density at radius 2 is 1.68 bits per heavy atom. The number of unbranched alkanes of at least 4 members (excludes halogenated alkanes) is 4. The quantitative estimate of drug-likeness (QED) is 0.482. The minimum Gasteiger partial charge on any atom is -0.356 e. The minimum atomic E-state index is -0.0326. The van der Waals surface area contributed by atoms with E-state index in [0.717, 1.165) is 38.6 Å². The average Bonchev–Trinajstić information content (AvgIpc) is 2.49. The number of hydrogen-bond donors (Lipinski definition) is 2. The van der Waals surface area contributed by atoms with Crippen molar-refractivity contribution in [2.24, 2.45) is 0 Å². The van der Waals surface area contributed by atoms with Crippen molar-refractivity contribution in [1.82, 2.24) is 10.6 Å². The van der Waals surface area contributed by atoms with E-state index in [2.05, 4.69) is 31.4 Å². The Kier molecular flexibility index (Phi) is 13.2. The standard InChI is InChI=1S/C18H36N2O2/c1-5-7-8-9-13-18(22)19-14-11-10-12-16(17(21)6-2)20-15(3)4/h15-16,20H,5-14H2,1-4H3,(H,19,22). The SMILES string of the molecule is CCCCCCC(=O)NCCCCC(NC(C)C)C(=O)CC. The van der Waals surface area contributed by atoms with Gasteiger partial charge >= 0.3 is 0 Å². The first-order valence-electron chi connectivity index (χ1n) is 9.06. The van der Waals surface area contributed by atoms with Crippen LogP contribution in [-0.4, -0.2) is 30.3 Å². The van der Waals surface area contributed by atoms with E-state index in [9.17, 15) is 9.59 Å². The predicted octanol–water partition coefficient (Wildman–Crippen LogP) is 3.59. The third-order valence-electron chi connectivity index (χ3n) is 3.77. The van der Waals surface area contributed by atoms with Crippen molar-refractivity contribution >= 4 is 11.7 Å². The molecule has 130 valence electrons. The summed E-state index contributed by atoms with van der Waals surface area (Å²) in [4.78, 5) is 23.5. The maximum absolute atomic E-state index is 11.9. The zero-order valence-corrected chi connectivity index (χ0v) is 15.0. The van der Waals surface area contributed by atoms with Crippen LogP contribution in [0.3, 0.4) is 0 Å². The molecule has 0 aliphatic carbocycles. The Balaban J connectivity index is 3.71. The van der Waals surface area contributed by atoms with Crippen LogP contribution in [0, 0.1) is 0 Å². The van der Waals surface area contributed by atoms with Gasteiger partial charge in [-0.05, 0) is 25.7 Å². The highest BCUT2D eigenvalue weighted by Crippen LogP contribution is 2.06. The normalized spacial score (nSPS) is 12.4. The molecule has 1 unspecified atom stereocenters. The molecule has 0 saturated carbocycles. The Morgan fingerprint density at radius 3 is 2.27 bits per heavy atom. The van der Waals surface area contributed by atoms with E-state index in [-0.39, 0.29) is 17.7 Å². The topological polar surface area (TPSA) is 58.2 Å². The molecule has 0 aliphatic rings. The molecule has 1 atom stereocenters. The maximum atomic E-state index is 11.9. The lowest BCUT2D eigenvalue weighted by atomic mass is 10.0. The van der Waals surface area contributed by atoms with E-state index in [1.54, 1.807) is 0 Å². The van der Waals surface area contributed by atoms with E-state index >= 15 is 0 Å². The van der Waals surface area contributed by atoms with Crippen molar-refractivity contribution in [3.8, 4) is 0 Å². The number of amides is 1. The van der Waals surface area contributed by atoms with Gasteiger partial charge in [0.25, 0.3) is 0 Å². The van der Waals surface area contributed by atoms with Gasteiger partial charge in [-0.2, -0.15) is 0 Å². The Labute approximate surface area is 136 Å². The Bertz CT molecular complexity index is 303. The molecule has 0 fully saturated rings. The lowest BCUT2D eigenvalue weighted by Gasteiger charge is -2.19. The minimum absolute atomic E-state index is 0.0326. The van der Waals surface area contributed by atoms with Gasteiger partial charge in [-0.25, -0.2) is 0 Å². The van der Waals surface area contributed by atoms with Gasteiger partial charge in [-0.3, -0.25) is 9.59 Å². The second-order valence-corrected chi connectivity index (χ2v) is 6.35. The highest BCUT2D eigenvalue weighted by atomic mass is 16.1. The van der Waals surface area contributed by atoms with Crippen LogP contribution in [0.1, 0.15) is 85.5 Å². The molecule has 0 aromatic rings. The monoisotopic (exact) mass is 312 g/mol. The van der Waals surface area contributed by atoms with Gasteiger partial charge in [0.15, 0.2) is 0 Å². The lowest BCUT2D eigenvalue weighted by Crippen LogP contribution is -2.40. The molecule has 2 N–H and O–H groups in total. The van der Waals surface area contributed by atoms with Gasteiger partial charge in [0, 0.05) is 25.4 Å². The predicted molar refractivity (Wildman–Crippen MR) is 93.0 cm³/mol. The molecular weight excluding hydrogens is 276 g/mol. The Hall–Kier alpha value is -0.900. The molecule has 0 spiro atoms. The number of ketones is 1. The van der Waals surface area contributed by atoms with Crippen LogP contribution < -0.4 is 10.6 Å². The second kappa shape index (κ2) is 13.7. The van der Waals surface area contributed by atoms with Crippen LogP contribution in [0.25, 0.3) is 0 Å². The van der Waals surface area contributed by atoms with Crippen LogP contribution in [0.15, 0.2) is 0 Å². The first-order valence-corrected chi connectivity index (χ1v) is 9.06. The summed E-state index contributed by atoms with van der Waals surface area (Å²) in [7, 11) is 0. The summed E-state index contributed by atoms with van der Waals surface area (Å²) >= 11 is 0. The van der Waals surface area contributed by atoms with Gasteiger partial charge in [-0.1, -0.05) is 47.0 Å². The van der Waals surface area contributed by atoms with Crippen LogP contribution in [0.2, 0.25) is 0 Å². The maximum Gasteiger partial charge on any atom is 0.219 e. The molecule has 0 radical (unpaired) electrons. The fraction of sp³-hybridized carbons (Fsp3) is 0.889. The summed E-state index contributed by atoms with van der Waals surface area (Å²) in [5.41, 5.74) is 0. The van der Waals surface area contributed by atoms with Gasteiger partial charge in [0.05, 0.1) is 6.04 Å². The number of Topliss-reactive ketones (excluding diaryl/α,β-unsaturated/α-hetero) is 1. The summed E-state index contributed by atoms with van der Waals surface area (Å²) in [6.07, 6.45) is 8.53. The van der Waals surface area contributed by atoms with E-state index in [1.165, 1.54) is 12.8 Å². The summed E-state index contributed by atoms with van der Waals surface area (Å²) in [5.74, 6) is 0.450. The number of nitrogens with one attached hydrogen (secondary N) is 2. The highest BCUT2D eigenvalue weighted by Gasteiger charge is 2.16. The first kappa shape index (κ1) is 21.1. The Morgan fingerprint density at radius 1 is 0.955 bits per heavy atom. The summed E-state index contributed by atoms with van der Waals surface area (Å²) in [5, 5.41) is 6.31. The van der Waals surface area contributed by atoms with E-state index in [4.69, 9.17) is 0 Å². The number of carbonyl (C=O) groups excluding carboxylic acids is 2. The van der Waals surface area contributed by atoms with Crippen molar-refractivity contribution in [1.29, 1.82) is 0 Å². The van der Waals surface area contributed by atoms with Crippen molar-refractivity contribution in [3.63, 3.8) is 0 Å². The molecule has 0 saturated heterocycles. The fourth-order valence-corrected chi connectivity index (χ4v) is 2.49. The van der Waals surface area contributed by atoms with Gasteiger partial charge < -0.3 is 10.6 Å². The molecule has 0 rings (SSSR count). The van der Waals surface area contributed by atoms with Crippen LogP contribution in [0.5, 0.6) is 0 Å².